The number of carbonyl (C=O) groups is 2. The zero-order valence-corrected chi connectivity index (χ0v) is 13.7. The van der Waals surface area contributed by atoms with Crippen molar-refractivity contribution in [2.75, 3.05) is 32.1 Å². The summed E-state index contributed by atoms with van der Waals surface area (Å²) < 4.78 is 4.92. The monoisotopic (exact) mass is 324 g/mol. The normalized spacial score (nSPS) is 18.8. The minimum Gasteiger partial charge on any atom is -0.462 e. The van der Waals surface area contributed by atoms with E-state index in [0.29, 0.717) is 17.9 Å². The second kappa shape index (κ2) is 7.61. The fourth-order valence-corrected chi connectivity index (χ4v) is 2.85. The first-order chi connectivity index (χ1) is 10.5. The summed E-state index contributed by atoms with van der Waals surface area (Å²) in [6.07, 6.45) is 1.92. The number of benzene rings is 1. The van der Waals surface area contributed by atoms with Crippen LogP contribution in [0.4, 0.5) is 5.69 Å². The molecule has 22 heavy (non-hydrogen) atoms. The molecule has 1 saturated heterocycles. The molecule has 6 heteroatoms. The van der Waals surface area contributed by atoms with Crippen LogP contribution in [-0.4, -0.2) is 43.5 Å². The largest absolute Gasteiger partial charge is 0.462 e. The molecule has 0 bridgehead atoms. The van der Waals surface area contributed by atoms with E-state index in [-0.39, 0.29) is 16.8 Å². The summed E-state index contributed by atoms with van der Waals surface area (Å²) in [6.45, 7) is 3.83. The third-order valence-electron chi connectivity index (χ3n) is 3.73. The van der Waals surface area contributed by atoms with Gasteiger partial charge in [-0.3, -0.25) is 4.79 Å². The maximum absolute atomic E-state index is 12.3. The Hall–Kier alpha value is -1.59. The summed E-state index contributed by atoms with van der Waals surface area (Å²) >= 11 is 6.09. The van der Waals surface area contributed by atoms with Crippen molar-refractivity contribution < 1.29 is 14.3 Å². The number of rotatable bonds is 4. The van der Waals surface area contributed by atoms with Crippen LogP contribution in [0, 0.1) is 5.92 Å². The molecule has 0 aliphatic carbocycles. The van der Waals surface area contributed by atoms with Gasteiger partial charge in [-0.2, -0.15) is 0 Å². The molecular weight excluding hydrogens is 304 g/mol. The number of likely N-dealkylation sites (tertiary alicyclic amines) is 1. The molecule has 5 nitrogen and oxygen atoms in total. The van der Waals surface area contributed by atoms with E-state index in [9.17, 15) is 9.59 Å². The molecule has 1 atom stereocenters. The van der Waals surface area contributed by atoms with E-state index in [1.165, 1.54) is 0 Å². The Morgan fingerprint density at radius 1 is 1.45 bits per heavy atom. The van der Waals surface area contributed by atoms with Crippen LogP contribution in [0.3, 0.4) is 0 Å². The third kappa shape index (κ3) is 4.21. The molecule has 1 fully saturated rings. The Kier molecular flexibility index (Phi) is 5.80. The molecule has 1 amide bonds. The van der Waals surface area contributed by atoms with Gasteiger partial charge < -0.3 is 15.0 Å². The summed E-state index contributed by atoms with van der Waals surface area (Å²) in [4.78, 5) is 26.1. The van der Waals surface area contributed by atoms with Crippen LogP contribution in [0.1, 0.15) is 30.1 Å². The first kappa shape index (κ1) is 16.8. The summed E-state index contributed by atoms with van der Waals surface area (Å²) in [7, 11) is 2.02. The van der Waals surface area contributed by atoms with E-state index in [4.69, 9.17) is 16.3 Å². The number of hydrogen-bond donors (Lipinski definition) is 1. The van der Waals surface area contributed by atoms with Crippen molar-refractivity contribution >= 4 is 29.2 Å². The third-order valence-corrected chi connectivity index (χ3v) is 4.04. The number of esters is 1. The number of nitrogens with zero attached hydrogens (tertiary/aromatic N) is 1. The summed E-state index contributed by atoms with van der Waals surface area (Å²) in [5.41, 5.74) is 0.898. The van der Waals surface area contributed by atoms with E-state index in [0.717, 1.165) is 25.9 Å². The topological polar surface area (TPSA) is 58.6 Å². The highest BCUT2D eigenvalue weighted by atomic mass is 35.5. The minimum absolute atomic E-state index is 0.00787. The Bertz CT molecular complexity index is 562. The van der Waals surface area contributed by atoms with Crippen molar-refractivity contribution in [3.05, 3.63) is 28.8 Å². The molecule has 1 aromatic carbocycles. The predicted octanol–water partition coefficient (Wildman–Crippen LogP) is 2.80. The summed E-state index contributed by atoms with van der Waals surface area (Å²) in [5, 5.41) is 3.14. The van der Waals surface area contributed by atoms with E-state index in [2.05, 4.69) is 10.2 Å². The molecule has 2 rings (SSSR count). The van der Waals surface area contributed by atoms with Crippen LogP contribution < -0.4 is 5.32 Å². The molecule has 0 unspecified atom stereocenters. The smallest absolute Gasteiger partial charge is 0.339 e. The van der Waals surface area contributed by atoms with E-state index in [1.807, 2.05) is 7.05 Å². The number of nitrogens with one attached hydrogen (secondary N) is 1. The average Bonchev–Trinajstić information content (AvgIpc) is 2.47. The highest BCUT2D eigenvalue weighted by Gasteiger charge is 2.24. The lowest BCUT2D eigenvalue weighted by molar-refractivity contribution is -0.121. The van der Waals surface area contributed by atoms with Gasteiger partial charge in [0.05, 0.1) is 23.1 Å². The van der Waals surface area contributed by atoms with Crippen LogP contribution in [0.25, 0.3) is 0 Å². The number of carbonyl (C=O) groups excluding carboxylic acids is 2. The van der Waals surface area contributed by atoms with Gasteiger partial charge in [0.2, 0.25) is 5.91 Å². The maximum atomic E-state index is 12.3. The molecule has 0 radical (unpaired) electrons. The van der Waals surface area contributed by atoms with Crippen LogP contribution in [0.5, 0.6) is 0 Å². The first-order valence-corrected chi connectivity index (χ1v) is 7.85. The predicted molar refractivity (Wildman–Crippen MR) is 86.3 cm³/mol. The maximum Gasteiger partial charge on any atom is 0.339 e. The molecule has 1 aliphatic rings. The fourth-order valence-electron chi connectivity index (χ4n) is 2.59. The Balaban J connectivity index is 2.02. The van der Waals surface area contributed by atoms with Crippen LogP contribution in [0.2, 0.25) is 5.02 Å². The van der Waals surface area contributed by atoms with Gasteiger partial charge in [-0.05, 0) is 51.6 Å². The number of anilines is 1. The minimum atomic E-state index is -0.459. The van der Waals surface area contributed by atoms with E-state index >= 15 is 0 Å². The Morgan fingerprint density at radius 3 is 2.86 bits per heavy atom. The molecule has 120 valence electrons. The molecule has 0 saturated carbocycles. The standard InChI is InChI=1S/C16H21ClN2O3/c1-3-22-16(21)13-7-6-12(9-14(13)17)18-15(20)11-5-4-8-19(2)10-11/h6-7,9,11H,3-5,8,10H2,1-2H3,(H,18,20)/t11-/m1/s1. The second-order valence-corrected chi connectivity index (χ2v) is 5.91. The van der Waals surface area contributed by atoms with Gasteiger partial charge >= 0.3 is 5.97 Å². The average molecular weight is 325 g/mol. The number of piperidine rings is 1. The van der Waals surface area contributed by atoms with Gasteiger partial charge in [-0.1, -0.05) is 11.6 Å². The lowest BCUT2D eigenvalue weighted by Gasteiger charge is -2.28. The summed E-state index contributed by atoms with van der Waals surface area (Å²) in [6, 6.07) is 4.82. The summed E-state index contributed by atoms with van der Waals surface area (Å²) in [5.74, 6) is -0.479. The quantitative estimate of drug-likeness (QED) is 0.865. The van der Waals surface area contributed by atoms with Crippen molar-refractivity contribution in [2.24, 2.45) is 5.92 Å². The Labute approximate surface area is 135 Å². The number of ether oxygens (including phenoxy) is 1. The van der Waals surface area contributed by atoms with Gasteiger partial charge in [0.25, 0.3) is 0 Å². The van der Waals surface area contributed by atoms with Crippen molar-refractivity contribution in [3.63, 3.8) is 0 Å². The van der Waals surface area contributed by atoms with E-state index < -0.39 is 5.97 Å². The number of amides is 1. The molecule has 1 N–H and O–H groups in total. The SMILES string of the molecule is CCOC(=O)c1ccc(NC(=O)[C@@H]2CCCN(C)C2)cc1Cl. The van der Waals surface area contributed by atoms with Gasteiger partial charge in [-0.15, -0.1) is 0 Å². The highest BCUT2D eigenvalue weighted by molar-refractivity contribution is 6.34. The van der Waals surface area contributed by atoms with Crippen molar-refractivity contribution in [1.29, 1.82) is 0 Å². The molecular formula is C16H21ClN2O3. The van der Waals surface area contributed by atoms with Gasteiger partial charge in [0.1, 0.15) is 0 Å². The first-order valence-electron chi connectivity index (χ1n) is 7.47. The zero-order chi connectivity index (χ0) is 16.1. The van der Waals surface area contributed by atoms with Crippen LogP contribution in [0.15, 0.2) is 18.2 Å². The molecule has 1 aliphatic heterocycles. The van der Waals surface area contributed by atoms with Crippen LogP contribution >= 0.6 is 11.6 Å². The number of hydrogen-bond acceptors (Lipinski definition) is 4. The lowest BCUT2D eigenvalue weighted by Crippen LogP contribution is -2.38. The molecule has 1 heterocycles. The van der Waals surface area contributed by atoms with Crippen molar-refractivity contribution in [1.82, 2.24) is 4.90 Å². The van der Waals surface area contributed by atoms with Crippen molar-refractivity contribution in [3.8, 4) is 0 Å². The second-order valence-electron chi connectivity index (χ2n) is 5.51. The lowest BCUT2D eigenvalue weighted by atomic mass is 9.97. The van der Waals surface area contributed by atoms with Crippen LogP contribution in [-0.2, 0) is 9.53 Å². The number of halogens is 1. The fraction of sp³-hybridized carbons (Fsp3) is 0.500. The highest BCUT2D eigenvalue weighted by Crippen LogP contribution is 2.23. The Morgan fingerprint density at radius 2 is 2.23 bits per heavy atom. The van der Waals surface area contributed by atoms with Gasteiger partial charge in [0, 0.05) is 12.2 Å². The van der Waals surface area contributed by atoms with Gasteiger partial charge in [-0.25, -0.2) is 4.79 Å². The van der Waals surface area contributed by atoms with Crippen molar-refractivity contribution in [2.45, 2.75) is 19.8 Å². The molecule has 0 aromatic heterocycles. The van der Waals surface area contributed by atoms with Gasteiger partial charge in [0.15, 0.2) is 0 Å². The molecule has 0 spiro atoms. The zero-order valence-electron chi connectivity index (χ0n) is 12.9. The molecule has 1 aromatic rings. The van der Waals surface area contributed by atoms with E-state index in [1.54, 1.807) is 25.1 Å².